The first-order valence-electron chi connectivity index (χ1n) is 10.1. The molecule has 2 aromatic carbocycles. The standard InChI is InChI=1S/C23H17Cl2FN6/c24-19-8-14(3-4-21(19)26)30-22-13(10-27)11-29-23-18(22)7-15(9-20(23)25)28-12-16-6-17-2-1-5-32(17)31-16/h3-4,6-9,11,28H,1-2,5,12H2,(H,29,30). The zero-order chi connectivity index (χ0) is 22.2. The normalized spacial score (nSPS) is 12.6. The number of anilines is 3. The van der Waals surface area contributed by atoms with Crippen molar-refractivity contribution in [3.63, 3.8) is 0 Å². The van der Waals surface area contributed by atoms with Gasteiger partial charge in [0, 0.05) is 35.2 Å². The molecule has 0 spiro atoms. The summed E-state index contributed by atoms with van der Waals surface area (Å²) < 4.78 is 15.6. The largest absolute Gasteiger partial charge is 0.379 e. The minimum absolute atomic E-state index is 0.0146. The molecule has 0 saturated heterocycles. The van der Waals surface area contributed by atoms with Gasteiger partial charge in [-0.15, -0.1) is 0 Å². The lowest BCUT2D eigenvalue weighted by Gasteiger charge is -2.14. The second-order valence-electron chi connectivity index (χ2n) is 7.57. The van der Waals surface area contributed by atoms with Gasteiger partial charge in [0.25, 0.3) is 0 Å². The van der Waals surface area contributed by atoms with Crippen molar-refractivity contribution in [3.8, 4) is 6.07 Å². The molecule has 4 aromatic rings. The molecule has 1 aliphatic rings. The van der Waals surface area contributed by atoms with Crippen molar-refractivity contribution in [1.29, 1.82) is 5.26 Å². The number of fused-ring (bicyclic) bond motifs is 2. The summed E-state index contributed by atoms with van der Waals surface area (Å²) in [7, 11) is 0. The van der Waals surface area contributed by atoms with E-state index >= 15 is 0 Å². The van der Waals surface area contributed by atoms with Gasteiger partial charge in [-0.1, -0.05) is 23.2 Å². The maximum Gasteiger partial charge on any atom is 0.141 e. The number of pyridine rings is 1. The highest BCUT2D eigenvalue weighted by Gasteiger charge is 2.16. The van der Waals surface area contributed by atoms with Crippen molar-refractivity contribution in [1.82, 2.24) is 14.8 Å². The third-order valence-corrected chi connectivity index (χ3v) is 6.00. The zero-order valence-electron chi connectivity index (χ0n) is 16.8. The molecule has 0 fully saturated rings. The Kier molecular flexibility index (Phi) is 5.33. The first-order chi connectivity index (χ1) is 15.5. The third kappa shape index (κ3) is 3.83. The van der Waals surface area contributed by atoms with Crippen molar-refractivity contribution in [2.75, 3.05) is 10.6 Å². The highest BCUT2D eigenvalue weighted by molar-refractivity contribution is 6.36. The molecule has 2 N–H and O–H groups in total. The van der Waals surface area contributed by atoms with E-state index in [1.165, 1.54) is 24.0 Å². The van der Waals surface area contributed by atoms with Gasteiger partial charge in [0.15, 0.2) is 0 Å². The highest BCUT2D eigenvalue weighted by Crippen LogP contribution is 2.35. The summed E-state index contributed by atoms with van der Waals surface area (Å²) in [5.41, 5.74) is 4.93. The van der Waals surface area contributed by atoms with E-state index in [2.05, 4.69) is 32.9 Å². The number of benzene rings is 2. The Hall–Kier alpha value is -3.34. The molecule has 0 bridgehead atoms. The van der Waals surface area contributed by atoms with Crippen LogP contribution >= 0.6 is 23.2 Å². The molecule has 160 valence electrons. The maximum absolute atomic E-state index is 13.6. The number of nitrogens with one attached hydrogen (secondary N) is 2. The summed E-state index contributed by atoms with van der Waals surface area (Å²) >= 11 is 12.4. The first kappa shape index (κ1) is 20.6. The Morgan fingerprint density at radius 3 is 2.75 bits per heavy atom. The van der Waals surface area contributed by atoms with Gasteiger partial charge in [0.2, 0.25) is 0 Å². The molecule has 9 heteroatoms. The number of aryl methyl sites for hydroxylation is 2. The van der Waals surface area contributed by atoms with Crippen LogP contribution in [0.15, 0.2) is 42.6 Å². The lowest BCUT2D eigenvalue weighted by molar-refractivity contribution is 0.628. The second-order valence-corrected chi connectivity index (χ2v) is 8.39. The van der Waals surface area contributed by atoms with Crippen molar-refractivity contribution in [3.05, 3.63) is 75.4 Å². The molecule has 0 atom stereocenters. The van der Waals surface area contributed by atoms with Crippen molar-refractivity contribution >= 4 is 51.2 Å². The van der Waals surface area contributed by atoms with Crippen LogP contribution in [0, 0.1) is 17.1 Å². The van der Waals surface area contributed by atoms with Crippen LogP contribution in [0.25, 0.3) is 10.9 Å². The molecule has 1 aliphatic heterocycles. The molecule has 2 aromatic heterocycles. The minimum Gasteiger partial charge on any atom is -0.379 e. The number of rotatable bonds is 5. The Labute approximate surface area is 193 Å². The lowest BCUT2D eigenvalue weighted by atomic mass is 10.1. The van der Waals surface area contributed by atoms with E-state index in [0.29, 0.717) is 39.4 Å². The Balaban J connectivity index is 1.50. The van der Waals surface area contributed by atoms with Crippen LogP contribution < -0.4 is 10.6 Å². The van der Waals surface area contributed by atoms with Gasteiger partial charge in [0.05, 0.1) is 39.1 Å². The maximum atomic E-state index is 13.6. The van der Waals surface area contributed by atoms with Gasteiger partial charge in [-0.3, -0.25) is 9.67 Å². The van der Waals surface area contributed by atoms with E-state index in [4.69, 9.17) is 23.2 Å². The molecule has 0 amide bonds. The first-order valence-corrected chi connectivity index (χ1v) is 10.8. The SMILES string of the molecule is N#Cc1cnc2c(Cl)cc(NCc3cc4n(n3)CCC4)cc2c1Nc1ccc(F)c(Cl)c1. The van der Waals surface area contributed by atoms with Crippen LogP contribution in [0.2, 0.25) is 10.0 Å². The van der Waals surface area contributed by atoms with E-state index in [-0.39, 0.29) is 5.02 Å². The van der Waals surface area contributed by atoms with E-state index in [0.717, 1.165) is 30.8 Å². The number of halogens is 3. The predicted molar refractivity (Wildman–Crippen MR) is 124 cm³/mol. The van der Waals surface area contributed by atoms with Gasteiger partial charge in [0.1, 0.15) is 11.9 Å². The number of nitriles is 1. The fourth-order valence-electron chi connectivity index (χ4n) is 3.90. The molecule has 0 aliphatic carbocycles. The zero-order valence-corrected chi connectivity index (χ0v) is 18.3. The van der Waals surface area contributed by atoms with E-state index in [1.54, 1.807) is 12.1 Å². The van der Waals surface area contributed by atoms with Crippen molar-refractivity contribution in [2.24, 2.45) is 0 Å². The molecular formula is C23H17Cl2FN6. The summed E-state index contributed by atoms with van der Waals surface area (Å²) in [5.74, 6) is -0.517. The number of nitrogens with zero attached hydrogens (tertiary/aromatic N) is 4. The second kappa shape index (κ2) is 8.30. The molecule has 6 nitrogen and oxygen atoms in total. The smallest absolute Gasteiger partial charge is 0.141 e. The summed E-state index contributed by atoms with van der Waals surface area (Å²) in [4.78, 5) is 4.35. The van der Waals surface area contributed by atoms with Gasteiger partial charge in [-0.05, 0) is 49.2 Å². The van der Waals surface area contributed by atoms with Crippen LogP contribution in [-0.4, -0.2) is 14.8 Å². The van der Waals surface area contributed by atoms with E-state index in [9.17, 15) is 9.65 Å². The fraction of sp³-hybridized carbons (Fsp3) is 0.174. The average molecular weight is 467 g/mol. The Morgan fingerprint density at radius 2 is 1.97 bits per heavy atom. The van der Waals surface area contributed by atoms with E-state index in [1.807, 2.05) is 10.7 Å². The monoisotopic (exact) mass is 466 g/mol. The summed E-state index contributed by atoms with van der Waals surface area (Å²) in [6.45, 7) is 1.51. The summed E-state index contributed by atoms with van der Waals surface area (Å²) in [6, 6.07) is 12.2. The molecular weight excluding hydrogens is 450 g/mol. The third-order valence-electron chi connectivity index (χ3n) is 5.42. The fourth-order valence-corrected chi connectivity index (χ4v) is 4.35. The van der Waals surface area contributed by atoms with Crippen molar-refractivity contribution < 1.29 is 4.39 Å². The van der Waals surface area contributed by atoms with Crippen LogP contribution in [0.5, 0.6) is 0 Å². The van der Waals surface area contributed by atoms with Gasteiger partial charge in [-0.25, -0.2) is 4.39 Å². The molecule has 32 heavy (non-hydrogen) atoms. The predicted octanol–water partition coefficient (Wildman–Crippen LogP) is 6.05. The van der Waals surface area contributed by atoms with Crippen LogP contribution in [0.3, 0.4) is 0 Å². The molecule has 5 rings (SSSR count). The van der Waals surface area contributed by atoms with Gasteiger partial charge in [-0.2, -0.15) is 10.4 Å². The van der Waals surface area contributed by atoms with Gasteiger partial charge >= 0.3 is 0 Å². The van der Waals surface area contributed by atoms with Crippen LogP contribution in [0.4, 0.5) is 21.5 Å². The van der Waals surface area contributed by atoms with Crippen LogP contribution in [0.1, 0.15) is 23.4 Å². The molecule has 0 radical (unpaired) electrons. The van der Waals surface area contributed by atoms with Gasteiger partial charge < -0.3 is 10.6 Å². The summed E-state index contributed by atoms with van der Waals surface area (Å²) in [5, 5.41) is 21.9. The van der Waals surface area contributed by atoms with E-state index < -0.39 is 5.82 Å². The number of hydrogen-bond acceptors (Lipinski definition) is 5. The lowest BCUT2D eigenvalue weighted by Crippen LogP contribution is -2.03. The quantitative estimate of drug-likeness (QED) is 0.374. The number of aromatic nitrogens is 3. The summed E-state index contributed by atoms with van der Waals surface area (Å²) in [6.07, 6.45) is 3.65. The minimum atomic E-state index is -0.517. The Bertz CT molecular complexity index is 1370. The Morgan fingerprint density at radius 1 is 1.12 bits per heavy atom. The molecule has 0 saturated carbocycles. The number of hydrogen-bond donors (Lipinski definition) is 2. The highest BCUT2D eigenvalue weighted by atomic mass is 35.5. The van der Waals surface area contributed by atoms with Crippen LogP contribution in [-0.2, 0) is 19.5 Å². The molecule has 0 unspecified atom stereocenters. The molecule has 3 heterocycles. The topological polar surface area (TPSA) is 78.6 Å². The van der Waals surface area contributed by atoms with Crippen molar-refractivity contribution in [2.45, 2.75) is 25.9 Å². The average Bonchev–Trinajstić information content (AvgIpc) is 3.37.